The van der Waals surface area contributed by atoms with Gasteiger partial charge in [-0.3, -0.25) is 4.79 Å². The van der Waals surface area contributed by atoms with E-state index < -0.39 is 0 Å². The van der Waals surface area contributed by atoms with Crippen LogP contribution >= 0.6 is 11.8 Å². The molecule has 25 heavy (non-hydrogen) atoms. The van der Waals surface area contributed by atoms with E-state index in [4.69, 9.17) is 14.2 Å². The van der Waals surface area contributed by atoms with Crippen molar-refractivity contribution in [3.05, 3.63) is 53.6 Å². The number of benzene rings is 2. The lowest BCUT2D eigenvalue weighted by Gasteiger charge is -2.25. The first-order chi connectivity index (χ1) is 12.2. The van der Waals surface area contributed by atoms with Gasteiger partial charge in [0.05, 0.1) is 21.3 Å². The van der Waals surface area contributed by atoms with Gasteiger partial charge in [0.25, 0.3) is 5.91 Å². The summed E-state index contributed by atoms with van der Waals surface area (Å²) in [7, 11) is 4.85. The van der Waals surface area contributed by atoms with Crippen LogP contribution in [0.4, 0.5) is 0 Å². The smallest absolute Gasteiger partial charge is 0.255 e. The van der Waals surface area contributed by atoms with Crippen molar-refractivity contribution in [3.63, 3.8) is 0 Å². The summed E-state index contributed by atoms with van der Waals surface area (Å²) in [5.41, 5.74) is 1.62. The van der Waals surface area contributed by atoms with Crippen molar-refractivity contribution >= 4 is 17.7 Å². The van der Waals surface area contributed by atoms with E-state index in [1.54, 1.807) is 39.2 Å². The number of hydrogen-bond acceptors (Lipinski definition) is 5. The number of ether oxygens (including phenoxy) is 3. The first kappa shape index (κ1) is 17.5. The molecule has 0 N–H and O–H groups in total. The molecule has 2 aromatic rings. The van der Waals surface area contributed by atoms with Crippen molar-refractivity contribution in [2.75, 3.05) is 33.6 Å². The van der Waals surface area contributed by atoms with E-state index in [9.17, 15) is 4.79 Å². The number of carbonyl (C=O) groups is 1. The summed E-state index contributed by atoms with van der Waals surface area (Å²) in [6.07, 6.45) is 0. The van der Waals surface area contributed by atoms with E-state index in [1.807, 2.05) is 41.3 Å². The molecule has 1 saturated heterocycles. The highest BCUT2D eigenvalue weighted by Gasteiger charge is 2.32. The molecule has 2 aromatic carbocycles. The molecule has 1 atom stereocenters. The van der Waals surface area contributed by atoms with E-state index in [1.165, 1.54) is 0 Å². The minimum absolute atomic E-state index is 0.00399. The van der Waals surface area contributed by atoms with Crippen LogP contribution in [-0.2, 0) is 0 Å². The van der Waals surface area contributed by atoms with Crippen molar-refractivity contribution < 1.29 is 19.0 Å². The molecule has 1 heterocycles. The average Bonchev–Trinajstić information content (AvgIpc) is 3.16. The van der Waals surface area contributed by atoms with E-state index in [2.05, 4.69) is 0 Å². The van der Waals surface area contributed by atoms with Crippen LogP contribution in [0.5, 0.6) is 17.2 Å². The number of methoxy groups -OCH3 is 3. The zero-order valence-corrected chi connectivity index (χ0v) is 15.3. The predicted molar refractivity (Wildman–Crippen MR) is 98.8 cm³/mol. The maximum atomic E-state index is 13.0. The number of rotatable bonds is 5. The molecule has 0 aliphatic carbocycles. The van der Waals surface area contributed by atoms with Gasteiger partial charge in [-0.25, -0.2) is 0 Å². The van der Waals surface area contributed by atoms with Crippen molar-refractivity contribution in [2.45, 2.75) is 5.37 Å². The van der Waals surface area contributed by atoms with Gasteiger partial charge in [0, 0.05) is 23.9 Å². The SMILES string of the molecule is COc1cccc(C(=O)N2CCS[C@@H]2c2cc(OC)cc(OC)c2)c1. The Morgan fingerprint density at radius 1 is 1.00 bits per heavy atom. The molecule has 0 saturated carbocycles. The van der Waals surface area contributed by atoms with E-state index in [0.717, 1.165) is 22.8 Å². The first-order valence-electron chi connectivity index (χ1n) is 7.96. The molecule has 0 bridgehead atoms. The molecule has 5 nitrogen and oxygen atoms in total. The van der Waals surface area contributed by atoms with Gasteiger partial charge >= 0.3 is 0 Å². The summed E-state index contributed by atoms with van der Waals surface area (Å²) >= 11 is 1.74. The van der Waals surface area contributed by atoms with Crippen molar-refractivity contribution in [1.29, 1.82) is 0 Å². The fraction of sp³-hybridized carbons (Fsp3) is 0.316. The van der Waals surface area contributed by atoms with Gasteiger partial charge in [0.2, 0.25) is 0 Å². The highest BCUT2D eigenvalue weighted by atomic mass is 32.2. The number of amides is 1. The van der Waals surface area contributed by atoms with Crippen LogP contribution in [-0.4, -0.2) is 44.4 Å². The zero-order valence-electron chi connectivity index (χ0n) is 14.5. The topological polar surface area (TPSA) is 48.0 Å². The van der Waals surface area contributed by atoms with Gasteiger partial charge in [-0.15, -0.1) is 11.8 Å². The van der Waals surface area contributed by atoms with Gasteiger partial charge in [-0.05, 0) is 35.9 Å². The molecular weight excluding hydrogens is 338 g/mol. The highest BCUT2D eigenvalue weighted by Crippen LogP contribution is 2.41. The average molecular weight is 359 g/mol. The number of carbonyl (C=O) groups excluding carboxylic acids is 1. The number of hydrogen-bond donors (Lipinski definition) is 0. The van der Waals surface area contributed by atoms with Gasteiger partial charge in [-0.1, -0.05) is 6.07 Å². The van der Waals surface area contributed by atoms with E-state index in [-0.39, 0.29) is 11.3 Å². The monoisotopic (exact) mass is 359 g/mol. The van der Waals surface area contributed by atoms with Gasteiger partial charge in [0.15, 0.2) is 0 Å². The van der Waals surface area contributed by atoms with E-state index >= 15 is 0 Å². The maximum absolute atomic E-state index is 13.0. The largest absolute Gasteiger partial charge is 0.497 e. The Hall–Kier alpha value is -2.34. The minimum atomic E-state index is -0.0669. The molecule has 1 fully saturated rings. The second-order valence-corrected chi connectivity index (χ2v) is 6.79. The summed E-state index contributed by atoms with van der Waals surface area (Å²) < 4.78 is 15.9. The Bertz CT molecular complexity index is 743. The number of nitrogens with zero attached hydrogens (tertiary/aromatic N) is 1. The Morgan fingerprint density at radius 3 is 2.32 bits per heavy atom. The Morgan fingerprint density at radius 2 is 1.68 bits per heavy atom. The minimum Gasteiger partial charge on any atom is -0.497 e. The van der Waals surface area contributed by atoms with Crippen LogP contribution in [0, 0.1) is 0 Å². The van der Waals surface area contributed by atoms with Gasteiger partial charge in [0.1, 0.15) is 22.6 Å². The second kappa shape index (κ2) is 7.70. The van der Waals surface area contributed by atoms with Crippen LogP contribution in [0.25, 0.3) is 0 Å². The molecule has 6 heteroatoms. The molecule has 132 valence electrons. The van der Waals surface area contributed by atoms with E-state index in [0.29, 0.717) is 17.9 Å². The molecule has 1 amide bonds. The molecule has 3 rings (SSSR count). The van der Waals surface area contributed by atoms with Crippen molar-refractivity contribution in [1.82, 2.24) is 4.90 Å². The zero-order chi connectivity index (χ0) is 17.8. The fourth-order valence-electron chi connectivity index (χ4n) is 2.85. The molecule has 0 spiro atoms. The fourth-order valence-corrected chi connectivity index (χ4v) is 4.08. The predicted octanol–water partition coefficient (Wildman–Crippen LogP) is 3.60. The first-order valence-corrected chi connectivity index (χ1v) is 9.00. The molecule has 0 radical (unpaired) electrons. The Balaban J connectivity index is 1.91. The summed E-state index contributed by atoms with van der Waals surface area (Å²) in [4.78, 5) is 14.9. The van der Waals surface area contributed by atoms with Crippen molar-refractivity contribution in [3.8, 4) is 17.2 Å². The molecule has 1 aliphatic rings. The van der Waals surface area contributed by atoms with Crippen LogP contribution in [0.15, 0.2) is 42.5 Å². The molecule has 1 aliphatic heterocycles. The van der Waals surface area contributed by atoms with Crippen LogP contribution < -0.4 is 14.2 Å². The third-order valence-electron chi connectivity index (χ3n) is 4.13. The van der Waals surface area contributed by atoms with Gasteiger partial charge < -0.3 is 19.1 Å². The normalized spacial score (nSPS) is 16.6. The third-order valence-corrected chi connectivity index (χ3v) is 5.39. The molecule has 0 unspecified atom stereocenters. The lowest BCUT2D eigenvalue weighted by atomic mass is 10.1. The molecular formula is C19H21NO4S. The summed E-state index contributed by atoms with van der Waals surface area (Å²) in [5, 5.41) is -0.0669. The lowest BCUT2D eigenvalue weighted by molar-refractivity contribution is 0.0759. The lowest BCUT2D eigenvalue weighted by Crippen LogP contribution is -2.30. The van der Waals surface area contributed by atoms with Gasteiger partial charge in [-0.2, -0.15) is 0 Å². The van der Waals surface area contributed by atoms with Crippen molar-refractivity contribution in [2.24, 2.45) is 0 Å². The summed E-state index contributed by atoms with van der Waals surface area (Å²) in [6, 6.07) is 13.0. The summed E-state index contributed by atoms with van der Waals surface area (Å²) in [6.45, 7) is 0.699. The van der Waals surface area contributed by atoms with Crippen LogP contribution in [0.3, 0.4) is 0 Å². The highest BCUT2D eigenvalue weighted by molar-refractivity contribution is 7.99. The number of thioether (sulfide) groups is 1. The molecule has 0 aromatic heterocycles. The Kier molecular flexibility index (Phi) is 5.38. The quantitative estimate of drug-likeness (QED) is 0.816. The van der Waals surface area contributed by atoms with Crippen LogP contribution in [0.2, 0.25) is 0 Å². The Labute approximate surface area is 151 Å². The summed E-state index contributed by atoms with van der Waals surface area (Å²) in [5.74, 6) is 3.00. The standard InChI is InChI=1S/C19H21NO4S/c1-22-15-6-4-5-13(9-15)18(21)20-7-8-25-19(20)14-10-16(23-2)12-17(11-14)24-3/h4-6,9-12,19H,7-8H2,1-3H3/t19-/m1/s1. The van der Waals surface area contributed by atoms with Crippen LogP contribution in [0.1, 0.15) is 21.3 Å². The third kappa shape index (κ3) is 3.69. The maximum Gasteiger partial charge on any atom is 0.255 e. The second-order valence-electron chi connectivity index (χ2n) is 5.60.